The Hall–Kier alpha value is -0.940. The number of rotatable bonds is 7. The molecule has 0 fully saturated rings. The van der Waals surface area contributed by atoms with E-state index in [4.69, 9.17) is 15.0 Å². The number of aryl methyl sites for hydroxylation is 1. The molecule has 0 bridgehead atoms. The maximum absolute atomic E-state index is 5.63. The number of ether oxygens (including phenoxy) is 1. The van der Waals surface area contributed by atoms with Gasteiger partial charge >= 0.3 is 0 Å². The van der Waals surface area contributed by atoms with Crippen molar-refractivity contribution in [3.8, 4) is 0 Å². The molecule has 5 nitrogen and oxygen atoms in total. The van der Waals surface area contributed by atoms with Crippen molar-refractivity contribution in [2.75, 3.05) is 13.2 Å². The topological polar surface area (TPSA) is 74.2 Å². The van der Waals surface area contributed by atoms with E-state index < -0.39 is 0 Å². The molecule has 1 aromatic rings. The first-order valence-electron chi connectivity index (χ1n) is 5.37. The molecule has 0 amide bonds. The second kappa shape index (κ2) is 6.53. The van der Waals surface area contributed by atoms with Gasteiger partial charge in [-0.3, -0.25) is 0 Å². The zero-order valence-electron chi connectivity index (χ0n) is 9.40. The predicted molar refractivity (Wildman–Crippen MR) is 56.5 cm³/mol. The van der Waals surface area contributed by atoms with Crippen molar-refractivity contribution in [3.05, 3.63) is 11.7 Å². The van der Waals surface area contributed by atoms with Gasteiger partial charge in [0.1, 0.15) is 0 Å². The van der Waals surface area contributed by atoms with Crippen molar-refractivity contribution in [1.82, 2.24) is 10.1 Å². The van der Waals surface area contributed by atoms with Crippen LogP contribution >= 0.6 is 0 Å². The summed E-state index contributed by atoms with van der Waals surface area (Å²) in [4.78, 5) is 4.23. The van der Waals surface area contributed by atoms with Gasteiger partial charge in [0.2, 0.25) is 5.89 Å². The fraction of sp³-hybridized carbons (Fsp3) is 0.800. The average Bonchev–Trinajstić information content (AvgIpc) is 2.59. The highest BCUT2D eigenvalue weighted by molar-refractivity contribution is 4.88. The maximum atomic E-state index is 5.63. The molecule has 1 atom stereocenters. The lowest BCUT2D eigenvalue weighted by atomic mass is 10.2. The third-order valence-corrected chi connectivity index (χ3v) is 1.90. The third kappa shape index (κ3) is 4.90. The first-order chi connectivity index (χ1) is 7.22. The van der Waals surface area contributed by atoms with Gasteiger partial charge in [-0.25, -0.2) is 0 Å². The largest absolute Gasteiger partial charge is 0.382 e. The monoisotopic (exact) mass is 213 g/mol. The van der Waals surface area contributed by atoms with Crippen LogP contribution in [0.2, 0.25) is 0 Å². The minimum Gasteiger partial charge on any atom is -0.382 e. The lowest BCUT2D eigenvalue weighted by Crippen LogP contribution is -2.18. The Morgan fingerprint density at radius 3 is 3.00 bits per heavy atom. The summed E-state index contributed by atoms with van der Waals surface area (Å²) in [5, 5.41) is 3.85. The Balaban J connectivity index is 2.26. The van der Waals surface area contributed by atoms with Crippen LogP contribution in [0.15, 0.2) is 4.52 Å². The number of aromatic nitrogens is 2. The summed E-state index contributed by atoms with van der Waals surface area (Å²) in [5.74, 6) is 1.36. The van der Waals surface area contributed by atoms with Gasteiger partial charge in [-0.2, -0.15) is 4.98 Å². The van der Waals surface area contributed by atoms with Crippen molar-refractivity contribution in [2.24, 2.45) is 5.73 Å². The summed E-state index contributed by atoms with van der Waals surface area (Å²) in [7, 11) is 0. The third-order valence-electron chi connectivity index (χ3n) is 1.90. The second-order valence-electron chi connectivity index (χ2n) is 3.59. The molecule has 1 heterocycles. The van der Waals surface area contributed by atoms with Crippen LogP contribution in [-0.4, -0.2) is 29.4 Å². The maximum Gasteiger partial charge on any atom is 0.226 e. The van der Waals surface area contributed by atoms with Gasteiger partial charge in [-0.15, -0.1) is 0 Å². The standard InChI is InChI=1S/C10H19N3O2/c1-3-14-6-4-5-10-12-9(13-15-10)7-8(2)11/h8H,3-7,11H2,1-2H3. The molecule has 0 radical (unpaired) electrons. The van der Waals surface area contributed by atoms with Crippen LogP contribution in [0, 0.1) is 0 Å². The van der Waals surface area contributed by atoms with Gasteiger partial charge in [-0.1, -0.05) is 5.16 Å². The van der Waals surface area contributed by atoms with Crippen LogP contribution in [0.3, 0.4) is 0 Å². The van der Waals surface area contributed by atoms with Crippen LogP contribution in [-0.2, 0) is 17.6 Å². The quantitative estimate of drug-likeness (QED) is 0.682. The Bertz CT molecular complexity index is 273. The molecule has 0 aliphatic heterocycles. The lowest BCUT2D eigenvalue weighted by Gasteiger charge is -1.97. The molecule has 0 aromatic carbocycles. The molecule has 0 saturated carbocycles. The first kappa shape index (κ1) is 12.1. The molecule has 1 aromatic heterocycles. The van der Waals surface area contributed by atoms with Crippen LogP contribution in [0.4, 0.5) is 0 Å². The van der Waals surface area contributed by atoms with Crippen LogP contribution in [0.5, 0.6) is 0 Å². The minimum absolute atomic E-state index is 0.0684. The Morgan fingerprint density at radius 1 is 1.53 bits per heavy atom. The predicted octanol–water partition coefficient (Wildman–Crippen LogP) is 0.928. The Labute approximate surface area is 90.0 Å². The van der Waals surface area contributed by atoms with Crippen molar-refractivity contribution in [2.45, 2.75) is 39.2 Å². The molecule has 86 valence electrons. The smallest absolute Gasteiger partial charge is 0.226 e. The van der Waals surface area contributed by atoms with E-state index >= 15 is 0 Å². The molecule has 5 heteroatoms. The molecule has 0 aliphatic rings. The van der Waals surface area contributed by atoms with Crippen LogP contribution in [0.1, 0.15) is 32.0 Å². The van der Waals surface area contributed by atoms with Gasteiger partial charge < -0.3 is 15.0 Å². The zero-order valence-corrected chi connectivity index (χ0v) is 9.40. The SMILES string of the molecule is CCOCCCc1nc(CC(C)N)no1. The van der Waals surface area contributed by atoms with Gasteiger partial charge in [0.25, 0.3) is 0 Å². The summed E-state index contributed by atoms with van der Waals surface area (Å²) in [6.45, 7) is 5.39. The normalized spacial score (nSPS) is 13.0. The number of hydrogen-bond donors (Lipinski definition) is 1. The first-order valence-corrected chi connectivity index (χ1v) is 5.37. The summed E-state index contributed by atoms with van der Waals surface area (Å²) in [5.41, 5.74) is 5.63. The number of nitrogens with two attached hydrogens (primary N) is 1. The molecule has 0 saturated heterocycles. The van der Waals surface area contributed by atoms with Crippen molar-refractivity contribution >= 4 is 0 Å². The van der Waals surface area contributed by atoms with Gasteiger partial charge in [0.15, 0.2) is 5.82 Å². The van der Waals surface area contributed by atoms with E-state index in [1.54, 1.807) is 0 Å². The Kier molecular flexibility index (Phi) is 5.28. The van der Waals surface area contributed by atoms with Gasteiger partial charge in [0.05, 0.1) is 0 Å². The molecule has 0 aliphatic carbocycles. The van der Waals surface area contributed by atoms with E-state index in [1.165, 1.54) is 0 Å². The second-order valence-corrected chi connectivity index (χ2v) is 3.59. The highest BCUT2D eigenvalue weighted by atomic mass is 16.5. The summed E-state index contributed by atoms with van der Waals surface area (Å²) in [6, 6.07) is 0.0684. The molecular formula is C10H19N3O2. The van der Waals surface area contributed by atoms with E-state index in [1.807, 2.05) is 13.8 Å². The molecule has 15 heavy (non-hydrogen) atoms. The Morgan fingerprint density at radius 2 is 2.33 bits per heavy atom. The fourth-order valence-electron chi connectivity index (χ4n) is 1.23. The van der Waals surface area contributed by atoms with Crippen molar-refractivity contribution in [3.63, 3.8) is 0 Å². The number of hydrogen-bond acceptors (Lipinski definition) is 5. The van der Waals surface area contributed by atoms with Gasteiger partial charge in [0, 0.05) is 32.1 Å². The fourth-order valence-corrected chi connectivity index (χ4v) is 1.23. The van der Waals surface area contributed by atoms with E-state index in [2.05, 4.69) is 10.1 Å². The molecule has 1 unspecified atom stereocenters. The summed E-state index contributed by atoms with van der Waals surface area (Å²) < 4.78 is 10.3. The molecule has 0 spiro atoms. The molecular weight excluding hydrogens is 194 g/mol. The molecule has 2 N–H and O–H groups in total. The average molecular weight is 213 g/mol. The zero-order chi connectivity index (χ0) is 11.1. The van der Waals surface area contributed by atoms with Crippen LogP contribution < -0.4 is 5.73 Å². The summed E-state index contributed by atoms with van der Waals surface area (Å²) in [6.07, 6.45) is 2.34. The van der Waals surface area contributed by atoms with E-state index in [9.17, 15) is 0 Å². The van der Waals surface area contributed by atoms with E-state index in [-0.39, 0.29) is 6.04 Å². The van der Waals surface area contributed by atoms with Crippen LogP contribution in [0.25, 0.3) is 0 Å². The van der Waals surface area contributed by atoms with Gasteiger partial charge in [-0.05, 0) is 20.3 Å². The minimum atomic E-state index is 0.0684. The van der Waals surface area contributed by atoms with E-state index in [0.717, 1.165) is 26.1 Å². The highest BCUT2D eigenvalue weighted by Gasteiger charge is 2.07. The van der Waals surface area contributed by atoms with Crippen molar-refractivity contribution in [1.29, 1.82) is 0 Å². The summed E-state index contributed by atoms with van der Waals surface area (Å²) >= 11 is 0. The van der Waals surface area contributed by atoms with E-state index in [0.29, 0.717) is 18.1 Å². The molecule has 1 rings (SSSR count). The number of nitrogens with zero attached hydrogens (tertiary/aromatic N) is 2. The highest BCUT2D eigenvalue weighted by Crippen LogP contribution is 2.02. The lowest BCUT2D eigenvalue weighted by molar-refractivity contribution is 0.143. The van der Waals surface area contributed by atoms with Crippen molar-refractivity contribution < 1.29 is 9.26 Å².